The van der Waals surface area contributed by atoms with Crippen molar-refractivity contribution in [3.8, 4) is 0 Å². The van der Waals surface area contributed by atoms with Gasteiger partial charge in [-0.25, -0.2) is 0 Å². The largest absolute Gasteiger partial charge is 0.397 e. The predicted octanol–water partition coefficient (Wildman–Crippen LogP) is 2.52. The number of amides is 1. The molecule has 0 bridgehead atoms. The van der Waals surface area contributed by atoms with Crippen molar-refractivity contribution in [3.05, 3.63) is 59.0 Å². The summed E-state index contributed by atoms with van der Waals surface area (Å²) in [7, 11) is 0. The fraction of sp³-hybridized carbons (Fsp3) is 0.250. The van der Waals surface area contributed by atoms with Crippen LogP contribution in [0.3, 0.4) is 0 Å². The van der Waals surface area contributed by atoms with Crippen LogP contribution in [0, 0.1) is 6.92 Å². The second-order valence-electron chi connectivity index (χ2n) is 6.67. The Bertz CT molecular complexity index is 1050. The van der Waals surface area contributed by atoms with Crippen molar-refractivity contribution < 1.29 is 9.59 Å². The zero-order valence-electron chi connectivity index (χ0n) is 14.8. The molecule has 6 heteroatoms. The van der Waals surface area contributed by atoms with Gasteiger partial charge < -0.3 is 10.6 Å². The third kappa shape index (κ3) is 2.37. The Labute approximate surface area is 151 Å². The van der Waals surface area contributed by atoms with Gasteiger partial charge >= 0.3 is 0 Å². The first-order chi connectivity index (χ1) is 12.5. The van der Waals surface area contributed by atoms with Gasteiger partial charge in [-0.3, -0.25) is 19.1 Å². The summed E-state index contributed by atoms with van der Waals surface area (Å²) < 4.78 is 1.67. The summed E-state index contributed by atoms with van der Waals surface area (Å²) in [4.78, 5) is 31.1. The second kappa shape index (κ2) is 5.98. The predicted molar refractivity (Wildman–Crippen MR) is 99.8 cm³/mol. The van der Waals surface area contributed by atoms with Crippen LogP contribution in [0.4, 0.5) is 5.69 Å². The molecule has 0 fully saturated rings. The van der Waals surface area contributed by atoms with E-state index in [1.165, 1.54) is 0 Å². The van der Waals surface area contributed by atoms with Gasteiger partial charge in [-0.2, -0.15) is 0 Å². The molecule has 0 unspecified atom stereocenters. The molecule has 1 amide bonds. The summed E-state index contributed by atoms with van der Waals surface area (Å²) in [6, 6.07) is 7.63. The Kier molecular flexibility index (Phi) is 3.76. The van der Waals surface area contributed by atoms with E-state index in [1.807, 2.05) is 31.2 Å². The number of carbonyl (C=O) groups excluding carboxylic acids is 2. The van der Waals surface area contributed by atoms with Crippen LogP contribution in [0.5, 0.6) is 0 Å². The lowest BCUT2D eigenvalue weighted by atomic mass is 9.96. The first-order valence-corrected chi connectivity index (χ1v) is 8.60. The van der Waals surface area contributed by atoms with E-state index < -0.39 is 0 Å². The number of anilines is 1. The van der Waals surface area contributed by atoms with Crippen molar-refractivity contribution in [2.24, 2.45) is 0 Å². The smallest absolute Gasteiger partial charge is 0.264 e. The number of pyridine rings is 1. The van der Waals surface area contributed by atoms with E-state index in [0.717, 1.165) is 27.7 Å². The molecule has 132 valence electrons. The van der Waals surface area contributed by atoms with Crippen LogP contribution >= 0.6 is 0 Å². The van der Waals surface area contributed by atoms with Crippen molar-refractivity contribution in [2.45, 2.75) is 26.8 Å². The molecular weight excluding hydrogens is 328 g/mol. The zero-order valence-corrected chi connectivity index (χ0v) is 14.8. The van der Waals surface area contributed by atoms with Crippen LogP contribution in [0.1, 0.15) is 34.1 Å². The maximum Gasteiger partial charge on any atom is 0.264 e. The van der Waals surface area contributed by atoms with Gasteiger partial charge in [-0.15, -0.1) is 0 Å². The number of aromatic nitrogens is 2. The van der Waals surface area contributed by atoms with Crippen LogP contribution in [0.2, 0.25) is 0 Å². The summed E-state index contributed by atoms with van der Waals surface area (Å²) in [6.45, 7) is 4.52. The van der Waals surface area contributed by atoms with E-state index in [-0.39, 0.29) is 11.8 Å². The Morgan fingerprint density at radius 3 is 2.73 bits per heavy atom. The second-order valence-corrected chi connectivity index (χ2v) is 6.67. The average Bonchev–Trinajstić information content (AvgIpc) is 2.91. The highest BCUT2D eigenvalue weighted by Crippen LogP contribution is 2.30. The van der Waals surface area contributed by atoms with Crippen molar-refractivity contribution >= 4 is 28.4 Å². The number of para-hydroxylation sites is 1. The van der Waals surface area contributed by atoms with Gasteiger partial charge in [0.25, 0.3) is 5.91 Å². The molecule has 0 radical (unpaired) electrons. The summed E-state index contributed by atoms with van der Waals surface area (Å²) >= 11 is 0. The Morgan fingerprint density at radius 1 is 1.19 bits per heavy atom. The van der Waals surface area contributed by atoms with Gasteiger partial charge in [-0.05, 0) is 30.5 Å². The molecule has 4 rings (SSSR count). The van der Waals surface area contributed by atoms with Gasteiger partial charge in [0.2, 0.25) is 5.91 Å². The number of hydrogen-bond acceptors (Lipinski definition) is 4. The van der Waals surface area contributed by atoms with Crippen LogP contribution in [0.15, 0.2) is 36.7 Å². The molecule has 1 aliphatic rings. The topological polar surface area (TPSA) is 81.2 Å². The van der Waals surface area contributed by atoms with E-state index in [0.29, 0.717) is 30.8 Å². The molecule has 2 N–H and O–H groups in total. The van der Waals surface area contributed by atoms with Gasteiger partial charge in [0.05, 0.1) is 16.8 Å². The van der Waals surface area contributed by atoms with Crippen LogP contribution in [0.25, 0.3) is 10.9 Å². The van der Waals surface area contributed by atoms with Gasteiger partial charge in [0, 0.05) is 43.5 Å². The molecule has 0 spiro atoms. The normalized spacial score (nSPS) is 13.7. The monoisotopic (exact) mass is 348 g/mol. The summed E-state index contributed by atoms with van der Waals surface area (Å²) in [5.74, 6) is -0.0940. The summed E-state index contributed by atoms with van der Waals surface area (Å²) in [6.07, 6.45) is 4.01. The first kappa shape index (κ1) is 16.3. The molecule has 3 heterocycles. The van der Waals surface area contributed by atoms with Crippen LogP contribution < -0.4 is 5.73 Å². The van der Waals surface area contributed by atoms with E-state index in [2.05, 4.69) is 4.98 Å². The lowest BCUT2D eigenvalue weighted by Crippen LogP contribution is -2.35. The molecule has 0 saturated carbocycles. The minimum Gasteiger partial charge on any atom is -0.397 e. The molecule has 6 nitrogen and oxygen atoms in total. The molecule has 0 aliphatic carbocycles. The molecule has 1 aliphatic heterocycles. The van der Waals surface area contributed by atoms with Crippen molar-refractivity contribution in [1.82, 2.24) is 14.5 Å². The number of nitrogen functional groups attached to an aromatic ring is 1. The fourth-order valence-corrected chi connectivity index (χ4v) is 3.72. The maximum absolute atomic E-state index is 13.4. The number of fused-ring (bicyclic) bond motifs is 2. The Hall–Kier alpha value is -3.15. The van der Waals surface area contributed by atoms with Crippen LogP contribution in [-0.2, 0) is 17.8 Å². The van der Waals surface area contributed by atoms with Crippen LogP contribution in [-0.4, -0.2) is 32.8 Å². The number of nitrogens with two attached hydrogens (primary N) is 1. The zero-order chi connectivity index (χ0) is 18.4. The van der Waals surface area contributed by atoms with E-state index in [1.54, 1.807) is 28.8 Å². The molecule has 26 heavy (non-hydrogen) atoms. The standard InChI is InChI=1S/C20H20N4O2/c1-12-19(21)16-5-3-4-6-18(16)24(12)20(26)17-10-22-9-14-11-23(13(2)25)8-7-15(14)17/h3-6,9-10H,7-8,11,21H2,1-2H3. The lowest BCUT2D eigenvalue weighted by Gasteiger charge is -2.28. The maximum atomic E-state index is 13.4. The highest BCUT2D eigenvalue weighted by atomic mass is 16.2. The molecular formula is C20H20N4O2. The Morgan fingerprint density at radius 2 is 1.96 bits per heavy atom. The SMILES string of the molecule is CC(=O)N1CCc2c(cncc2C(=O)n2c(C)c(N)c3ccccc32)C1. The quantitative estimate of drug-likeness (QED) is 0.733. The number of benzene rings is 1. The van der Waals surface area contributed by atoms with Crippen molar-refractivity contribution in [3.63, 3.8) is 0 Å². The number of nitrogens with zero attached hydrogens (tertiary/aromatic N) is 3. The lowest BCUT2D eigenvalue weighted by molar-refractivity contribution is -0.129. The highest BCUT2D eigenvalue weighted by molar-refractivity contribution is 6.07. The minimum absolute atomic E-state index is 0.0346. The van der Waals surface area contributed by atoms with E-state index in [4.69, 9.17) is 5.73 Å². The average molecular weight is 348 g/mol. The van der Waals surface area contributed by atoms with Gasteiger partial charge in [0.15, 0.2) is 0 Å². The first-order valence-electron chi connectivity index (χ1n) is 8.60. The highest BCUT2D eigenvalue weighted by Gasteiger charge is 2.26. The molecule has 3 aromatic rings. The summed E-state index contributed by atoms with van der Waals surface area (Å²) in [5.41, 5.74) is 10.8. The number of carbonyl (C=O) groups is 2. The molecule has 0 atom stereocenters. The van der Waals surface area contributed by atoms with Crippen molar-refractivity contribution in [2.75, 3.05) is 12.3 Å². The Balaban J connectivity index is 1.84. The minimum atomic E-state index is -0.129. The van der Waals surface area contributed by atoms with E-state index >= 15 is 0 Å². The third-order valence-corrected chi connectivity index (χ3v) is 5.18. The third-order valence-electron chi connectivity index (χ3n) is 5.18. The fourth-order valence-electron chi connectivity index (χ4n) is 3.72. The van der Waals surface area contributed by atoms with Gasteiger partial charge in [-0.1, -0.05) is 18.2 Å². The van der Waals surface area contributed by atoms with Crippen molar-refractivity contribution in [1.29, 1.82) is 0 Å². The number of hydrogen-bond donors (Lipinski definition) is 1. The molecule has 1 aromatic carbocycles. The molecule has 0 saturated heterocycles. The summed E-state index contributed by atoms with van der Waals surface area (Å²) in [5, 5.41) is 0.874. The van der Waals surface area contributed by atoms with Gasteiger partial charge in [0.1, 0.15) is 0 Å². The van der Waals surface area contributed by atoms with E-state index in [9.17, 15) is 9.59 Å². The number of rotatable bonds is 1. The molecule has 2 aromatic heterocycles.